The molecule has 0 aliphatic carbocycles. The van der Waals surface area contributed by atoms with Gasteiger partial charge in [-0.2, -0.15) is 0 Å². The Balaban J connectivity index is 1.68. The molecule has 7 nitrogen and oxygen atoms in total. The topological polar surface area (TPSA) is 101 Å². The van der Waals surface area contributed by atoms with Gasteiger partial charge in [-0.15, -0.1) is 0 Å². The molecule has 1 aliphatic rings. The molecule has 1 amide bonds. The van der Waals surface area contributed by atoms with Crippen molar-refractivity contribution in [2.24, 2.45) is 0 Å². The van der Waals surface area contributed by atoms with E-state index >= 15 is 0 Å². The molecule has 0 radical (unpaired) electrons. The summed E-state index contributed by atoms with van der Waals surface area (Å²) >= 11 is 0. The number of anilines is 2. The fraction of sp³-hybridized carbons (Fsp3) is 0.267. The summed E-state index contributed by atoms with van der Waals surface area (Å²) in [7, 11) is -3.03. The highest BCUT2D eigenvalue weighted by Gasteiger charge is 2.29. The molecule has 1 aromatic carbocycles. The van der Waals surface area contributed by atoms with E-state index in [-0.39, 0.29) is 23.2 Å². The maximum atomic E-state index is 12.2. The Morgan fingerprint density at radius 1 is 1.17 bits per heavy atom. The summed E-state index contributed by atoms with van der Waals surface area (Å²) in [4.78, 5) is 20.4. The van der Waals surface area contributed by atoms with E-state index in [0.717, 1.165) is 5.69 Å². The van der Waals surface area contributed by atoms with Crippen molar-refractivity contribution in [1.82, 2.24) is 15.3 Å². The highest BCUT2D eigenvalue weighted by molar-refractivity contribution is 7.91. The van der Waals surface area contributed by atoms with E-state index in [0.29, 0.717) is 12.4 Å². The third-order valence-corrected chi connectivity index (χ3v) is 5.25. The summed E-state index contributed by atoms with van der Waals surface area (Å²) in [5.74, 6) is 0.00934. The number of benzene rings is 1. The quantitative estimate of drug-likeness (QED) is 0.870. The second kappa shape index (κ2) is 6.33. The van der Waals surface area contributed by atoms with E-state index in [1.165, 1.54) is 12.3 Å². The number of nitrogens with one attached hydrogen (secondary N) is 2. The van der Waals surface area contributed by atoms with Crippen LogP contribution < -0.4 is 10.6 Å². The van der Waals surface area contributed by atoms with Gasteiger partial charge in [0.05, 0.1) is 11.5 Å². The molecule has 2 N–H and O–H groups in total. The molecule has 8 heteroatoms. The van der Waals surface area contributed by atoms with Gasteiger partial charge in [-0.25, -0.2) is 18.4 Å². The van der Waals surface area contributed by atoms with Gasteiger partial charge in [-0.1, -0.05) is 18.2 Å². The van der Waals surface area contributed by atoms with Gasteiger partial charge in [-0.05, 0) is 24.6 Å². The van der Waals surface area contributed by atoms with Crippen LogP contribution in [-0.4, -0.2) is 41.8 Å². The SMILES string of the molecule is O=C(NC1CCS(=O)(=O)C1)c1ccnc(Nc2ccccc2)n1. The van der Waals surface area contributed by atoms with Gasteiger partial charge in [0.2, 0.25) is 5.95 Å². The van der Waals surface area contributed by atoms with Crippen LogP contribution in [0.1, 0.15) is 16.9 Å². The molecule has 1 aromatic heterocycles. The highest BCUT2D eigenvalue weighted by atomic mass is 32.2. The number of para-hydroxylation sites is 1. The number of amides is 1. The van der Waals surface area contributed by atoms with Crippen molar-refractivity contribution in [1.29, 1.82) is 0 Å². The van der Waals surface area contributed by atoms with Crippen molar-refractivity contribution in [2.45, 2.75) is 12.5 Å². The van der Waals surface area contributed by atoms with Crippen LogP contribution in [0.2, 0.25) is 0 Å². The van der Waals surface area contributed by atoms with E-state index in [4.69, 9.17) is 0 Å². The summed E-state index contributed by atoms with van der Waals surface area (Å²) in [5, 5.41) is 5.71. The van der Waals surface area contributed by atoms with E-state index in [1.807, 2.05) is 30.3 Å². The fourth-order valence-corrected chi connectivity index (χ4v) is 4.04. The molecule has 2 aromatic rings. The predicted molar refractivity (Wildman–Crippen MR) is 86.3 cm³/mol. The van der Waals surface area contributed by atoms with E-state index in [1.54, 1.807) is 0 Å². The van der Waals surface area contributed by atoms with E-state index < -0.39 is 15.7 Å². The van der Waals surface area contributed by atoms with E-state index in [9.17, 15) is 13.2 Å². The molecule has 1 unspecified atom stereocenters. The van der Waals surface area contributed by atoms with Crippen LogP contribution in [-0.2, 0) is 9.84 Å². The van der Waals surface area contributed by atoms with Gasteiger partial charge in [0.1, 0.15) is 5.69 Å². The van der Waals surface area contributed by atoms with Crippen molar-refractivity contribution in [3.8, 4) is 0 Å². The second-order valence-corrected chi connectivity index (χ2v) is 7.56. The van der Waals surface area contributed by atoms with Crippen LogP contribution in [0.4, 0.5) is 11.6 Å². The third-order valence-electron chi connectivity index (χ3n) is 3.49. The van der Waals surface area contributed by atoms with Crippen LogP contribution in [0.3, 0.4) is 0 Å². The molecule has 1 atom stereocenters. The number of aromatic nitrogens is 2. The standard InChI is InChI=1S/C15H16N4O3S/c20-14(17-12-7-9-23(21,22)10-12)13-6-8-16-15(19-13)18-11-4-2-1-3-5-11/h1-6,8,12H,7,9-10H2,(H,17,20)(H,16,18,19). The van der Waals surface area contributed by atoms with Crippen molar-refractivity contribution in [3.63, 3.8) is 0 Å². The number of nitrogens with zero attached hydrogens (tertiary/aromatic N) is 2. The van der Waals surface area contributed by atoms with Crippen molar-refractivity contribution in [3.05, 3.63) is 48.3 Å². The molecule has 0 saturated carbocycles. The fourth-order valence-electron chi connectivity index (χ4n) is 2.36. The van der Waals surface area contributed by atoms with Crippen molar-refractivity contribution >= 4 is 27.4 Å². The molecule has 1 aliphatic heterocycles. The van der Waals surface area contributed by atoms with Crippen LogP contribution >= 0.6 is 0 Å². The lowest BCUT2D eigenvalue weighted by molar-refractivity contribution is 0.0936. The molecule has 1 fully saturated rings. The Hall–Kier alpha value is -2.48. The number of hydrogen-bond donors (Lipinski definition) is 2. The van der Waals surface area contributed by atoms with Crippen LogP contribution in [0.5, 0.6) is 0 Å². The summed E-state index contributed by atoms with van der Waals surface area (Å²) < 4.78 is 22.9. The first-order chi connectivity index (χ1) is 11.0. The minimum atomic E-state index is -3.03. The van der Waals surface area contributed by atoms with Crippen LogP contribution in [0.25, 0.3) is 0 Å². The second-order valence-electron chi connectivity index (χ2n) is 5.33. The number of hydrogen-bond acceptors (Lipinski definition) is 6. The van der Waals surface area contributed by atoms with Gasteiger partial charge in [0, 0.05) is 17.9 Å². The number of sulfone groups is 1. The average molecular weight is 332 g/mol. The minimum Gasteiger partial charge on any atom is -0.347 e. The zero-order chi connectivity index (χ0) is 16.3. The molecule has 1 saturated heterocycles. The number of carbonyl (C=O) groups excluding carboxylic acids is 1. The molecular weight excluding hydrogens is 316 g/mol. The lowest BCUT2D eigenvalue weighted by Gasteiger charge is -2.11. The Labute approximate surface area is 134 Å². The molecule has 2 heterocycles. The summed E-state index contributed by atoms with van der Waals surface area (Å²) in [5.41, 5.74) is 1.01. The Morgan fingerprint density at radius 3 is 2.65 bits per heavy atom. The van der Waals surface area contributed by atoms with Crippen molar-refractivity contribution in [2.75, 3.05) is 16.8 Å². The smallest absolute Gasteiger partial charge is 0.270 e. The molecule has 0 bridgehead atoms. The first-order valence-electron chi connectivity index (χ1n) is 7.18. The lowest BCUT2D eigenvalue weighted by Crippen LogP contribution is -2.36. The lowest BCUT2D eigenvalue weighted by atomic mass is 10.2. The Morgan fingerprint density at radius 2 is 1.96 bits per heavy atom. The molecular formula is C15H16N4O3S. The van der Waals surface area contributed by atoms with Crippen LogP contribution in [0, 0.1) is 0 Å². The molecule has 23 heavy (non-hydrogen) atoms. The van der Waals surface area contributed by atoms with Gasteiger partial charge in [0.25, 0.3) is 5.91 Å². The maximum absolute atomic E-state index is 12.2. The largest absolute Gasteiger partial charge is 0.347 e. The Kier molecular flexibility index (Phi) is 4.24. The first-order valence-corrected chi connectivity index (χ1v) is 9.00. The average Bonchev–Trinajstić information content (AvgIpc) is 2.87. The van der Waals surface area contributed by atoms with Gasteiger partial charge in [-0.3, -0.25) is 4.79 Å². The van der Waals surface area contributed by atoms with Gasteiger partial charge in [0.15, 0.2) is 9.84 Å². The first kappa shape index (κ1) is 15.4. The zero-order valence-corrected chi connectivity index (χ0v) is 13.1. The molecule has 3 rings (SSSR count). The summed E-state index contributed by atoms with van der Waals surface area (Å²) in [6.45, 7) is 0. The highest BCUT2D eigenvalue weighted by Crippen LogP contribution is 2.13. The number of rotatable bonds is 4. The number of carbonyl (C=O) groups is 1. The third kappa shape index (κ3) is 4.04. The predicted octanol–water partition coefficient (Wildman–Crippen LogP) is 1.14. The maximum Gasteiger partial charge on any atom is 0.270 e. The monoisotopic (exact) mass is 332 g/mol. The Bertz CT molecular complexity index is 808. The normalized spacial score (nSPS) is 19.2. The van der Waals surface area contributed by atoms with Gasteiger partial charge < -0.3 is 10.6 Å². The van der Waals surface area contributed by atoms with E-state index in [2.05, 4.69) is 20.6 Å². The van der Waals surface area contributed by atoms with Gasteiger partial charge >= 0.3 is 0 Å². The zero-order valence-electron chi connectivity index (χ0n) is 12.3. The molecule has 120 valence electrons. The van der Waals surface area contributed by atoms with Crippen LogP contribution in [0.15, 0.2) is 42.6 Å². The van der Waals surface area contributed by atoms with Crippen molar-refractivity contribution < 1.29 is 13.2 Å². The summed E-state index contributed by atoms with van der Waals surface area (Å²) in [6.07, 6.45) is 1.92. The molecule has 0 spiro atoms. The summed E-state index contributed by atoms with van der Waals surface area (Å²) in [6, 6.07) is 10.5. The minimum absolute atomic E-state index is 0.0149.